The molecule has 19 heavy (non-hydrogen) atoms. The van der Waals surface area contributed by atoms with Gasteiger partial charge in [0.2, 0.25) is 6.79 Å². The number of fused-ring (bicyclic) bond motifs is 1. The van der Waals surface area contributed by atoms with E-state index in [1.54, 1.807) is 6.07 Å². The summed E-state index contributed by atoms with van der Waals surface area (Å²) in [5.41, 5.74) is 7.01. The molecule has 3 N–H and O–H groups in total. The summed E-state index contributed by atoms with van der Waals surface area (Å²) in [7, 11) is 0. The van der Waals surface area contributed by atoms with Crippen molar-refractivity contribution in [2.24, 2.45) is 11.1 Å². The van der Waals surface area contributed by atoms with E-state index in [1.165, 1.54) is 0 Å². The molecule has 0 fully saturated rings. The Morgan fingerprint density at radius 1 is 1.37 bits per heavy atom. The van der Waals surface area contributed by atoms with Crippen LogP contribution < -0.4 is 20.5 Å². The summed E-state index contributed by atoms with van der Waals surface area (Å²) in [6.45, 7) is 7.17. The van der Waals surface area contributed by atoms with Crippen molar-refractivity contribution in [1.29, 1.82) is 0 Å². The van der Waals surface area contributed by atoms with Crippen LogP contribution in [0.5, 0.6) is 11.5 Å². The standard InChI is InChI=1S/C14H20N2O3/c1-9-4-11-12(19-8-18-11)5-10(9)13(17)16-7-14(2,3)6-15/h4-5H,6-8,15H2,1-3H3,(H,16,17). The number of ether oxygens (including phenoxy) is 2. The van der Waals surface area contributed by atoms with E-state index in [1.807, 2.05) is 26.8 Å². The third kappa shape index (κ3) is 2.98. The zero-order valence-electron chi connectivity index (χ0n) is 11.6. The van der Waals surface area contributed by atoms with E-state index >= 15 is 0 Å². The predicted molar refractivity (Wildman–Crippen MR) is 72.5 cm³/mol. The minimum absolute atomic E-state index is 0.111. The van der Waals surface area contributed by atoms with E-state index in [0.717, 1.165) is 5.56 Å². The first-order valence-electron chi connectivity index (χ1n) is 6.31. The van der Waals surface area contributed by atoms with Crippen molar-refractivity contribution in [3.8, 4) is 11.5 Å². The molecule has 0 bridgehead atoms. The van der Waals surface area contributed by atoms with Gasteiger partial charge in [-0.1, -0.05) is 13.8 Å². The maximum atomic E-state index is 12.2. The molecule has 104 valence electrons. The number of carbonyl (C=O) groups excluding carboxylic acids is 1. The van der Waals surface area contributed by atoms with E-state index in [4.69, 9.17) is 15.2 Å². The molecule has 5 nitrogen and oxygen atoms in total. The first-order chi connectivity index (χ1) is 8.93. The number of amides is 1. The Bertz CT molecular complexity index is 498. The molecule has 0 aliphatic carbocycles. The summed E-state index contributed by atoms with van der Waals surface area (Å²) in [6, 6.07) is 3.55. The lowest BCUT2D eigenvalue weighted by Gasteiger charge is -2.22. The van der Waals surface area contributed by atoms with Gasteiger partial charge in [0.1, 0.15) is 0 Å². The average molecular weight is 264 g/mol. The molecule has 0 saturated carbocycles. The number of carbonyl (C=O) groups is 1. The number of benzene rings is 1. The highest BCUT2D eigenvalue weighted by atomic mass is 16.7. The fourth-order valence-electron chi connectivity index (χ4n) is 1.78. The molecule has 0 unspecified atom stereocenters. The summed E-state index contributed by atoms with van der Waals surface area (Å²) in [5, 5.41) is 2.91. The highest BCUT2D eigenvalue weighted by Gasteiger charge is 2.21. The molecule has 0 aromatic heterocycles. The maximum Gasteiger partial charge on any atom is 0.251 e. The van der Waals surface area contributed by atoms with Gasteiger partial charge < -0.3 is 20.5 Å². The highest BCUT2D eigenvalue weighted by molar-refractivity contribution is 5.96. The average Bonchev–Trinajstić information content (AvgIpc) is 2.82. The molecule has 1 aromatic carbocycles. The van der Waals surface area contributed by atoms with Crippen LogP contribution in [0.4, 0.5) is 0 Å². The number of aryl methyl sites for hydroxylation is 1. The molecule has 1 heterocycles. The first-order valence-corrected chi connectivity index (χ1v) is 6.31. The fourth-order valence-corrected chi connectivity index (χ4v) is 1.78. The maximum absolute atomic E-state index is 12.2. The Morgan fingerprint density at radius 2 is 2.00 bits per heavy atom. The molecule has 0 spiro atoms. The Labute approximate surface area is 113 Å². The summed E-state index contributed by atoms with van der Waals surface area (Å²) in [4.78, 5) is 12.2. The zero-order valence-corrected chi connectivity index (χ0v) is 11.6. The third-order valence-corrected chi connectivity index (χ3v) is 3.24. The molecular weight excluding hydrogens is 244 g/mol. The normalized spacial score (nSPS) is 13.5. The first kappa shape index (κ1) is 13.7. The topological polar surface area (TPSA) is 73.6 Å². The van der Waals surface area contributed by atoms with Crippen LogP contribution in [0.25, 0.3) is 0 Å². The largest absolute Gasteiger partial charge is 0.454 e. The van der Waals surface area contributed by atoms with Crippen LogP contribution in [0.1, 0.15) is 29.8 Å². The van der Waals surface area contributed by atoms with Gasteiger partial charge in [-0.2, -0.15) is 0 Å². The van der Waals surface area contributed by atoms with Crippen molar-refractivity contribution in [1.82, 2.24) is 5.32 Å². The number of nitrogens with two attached hydrogens (primary N) is 1. The highest BCUT2D eigenvalue weighted by Crippen LogP contribution is 2.34. The zero-order chi connectivity index (χ0) is 14.0. The Hall–Kier alpha value is -1.75. The van der Waals surface area contributed by atoms with Gasteiger partial charge in [-0.15, -0.1) is 0 Å². The molecule has 0 radical (unpaired) electrons. The van der Waals surface area contributed by atoms with Gasteiger partial charge in [-0.05, 0) is 36.6 Å². The van der Waals surface area contributed by atoms with E-state index in [-0.39, 0.29) is 18.1 Å². The van der Waals surface area contributed by atoms with E-state index in [0.29, 0.717) is 30.2 Å². The molecule has 5 heteroatoms. The van der Waals surface area contributed by atoms with Crippen LogP contribution >= 0.6 is 0 Å². The summed E-state index contributed by atoms with van der Waals surface area (Å²) < 4.78 is 10.6. The second-order valence-electron chi connectivity index (χ2n) is 5.57. The monoisotopic (exact) mass is 264 g/mol. The number of rotatable bonds is 4. The van der Waals surface area contributed by atoms with Crippen molar-refractivity contribution in [2.45, 2.75) is 20.8 Å². The Balaban J connectivity index is 2.12. The smallest absolute Gasteiger partial charge is 0.251 e. The molecule has 0 saturated heterocycles. The van der Waals surface area contributed by atoms with Gasteiger partial charge in [-0.25, -0.2) is 0 Å². The second-order valence-corrected chi connectivity index (χ2v) is 5.57. The Kier molecular flexibility index (Phi) is 3.66. The van der Waals surface area contributed by atoms with Crippen molar-refractivity contribution in [2.75, 3.05) is 19.9 Å². The molecule has 1 aliphatic rings. The summed E-state index contributed by atoms with van der Waals surface area (Å²) in [6.07, 6.45) is 0. The van der Waals surface area contributed by atoms with Gasteiger partial charge in [0.05, 0.1) is 0 Å². The lowest BCUT2D eigenvalue weighted by molar-refractivity contribution is 0.0937. The molecule has 0 atom stereocenters. The molecule has 1 aliphatic heterocycles. The molecular formula is C14H20N2O3. The van der Waals surface area contributed by atoms with Crippen molar-refractivity contribution in [3.63, 3.8) is 0 Å². The quantitative estimate of drug-likeness (QED) is 0.863. The van der Waals surface area contributed by atoms with Gasteiger partial charge in [0.15, 0.2) is 11.5 Å². The lowest BCUT2D eigenvalue weighted by atomic mass is 9.93. The van der Waals surface area contributed by atoms with Crippen LogP contribution in [0.3, 0.4) is 0 Å². The number of hydrogen-bond acceptors (Lipinski definition) is 4. The third-order valence-electron chi connectivity index (χ3n) is 3.24. The summed E-state index contributed by atoms with van der Waals surface area (Å²) >= 11 is 0. The van der Waals surface area contributed by atoms with Crippen LogP contribution in [0.2, 0.25) is 0 Å². The van der Waals surface area contributed by atoms with E-state index < -0.39 is 0 Å². The SMILES string of the molecule is Cc1cc2c(cc1C(=O)NCC(C)(C)CN)OCO2. The minimum atomic E-state index is -0.114. The van der Waals surface area contributed by atoms with Crippen molar-refractivity contribution < 1.29 is 14.3 Å². The fraction of sp³-hybridized carbons (Fsp3) is 0.500. The lowest BCUT2D eigenvalue weighted by Crippen LogP contribution is -2.38. The number of hydrogen-bond donors (Lipinski definition) is 2. The van der Waals surface area contributed by atoms with Crippen LogP contribution in [0.15, 0.2) is 12.1 Å². The van der Waals surface area contributed by atoms with Crippen LogP contribution in [0, 0.1) is 12.3 Å². The number of nitrogens with one attached hydrogen (secondary N) is 1. The van der Waals surface area contributed by atoms with Gasteiger partial charge >= 0.3 is 0 Å². The minimum Gasteiger partial charge on any atom is -0.454 e. The molecule has 1 aromatic rings. The van der Waals surface area contributed by atoms with Gasteiger partial charge in [-0.3, -0.25) is 4.79 Å². The predicted octanol–water partition coefficient (Wildman–Crippen LogP) is 1.44. The Morgan fingerprint density at radius 3 is 2.63 bits per heavy atom. The molecule has 2 rings (SSSR count). The van der Waals surface area contributed by atoms with E-state index in [2.05, 4.69) is 5.32 Å². The van der Waals surface area contributed by atoms with Crippen molar-refractivity contribution in [3.05, 3.63) is 23.3 Å². The van der Waals surface area contributed by atoms with Crippen molar-refractivity contribution >= 4 is 5.91 Å². The van der Waals surface area contributed by atoms with Gasteiger partial charge in [0, 0.05) is 12.1 Å². The van der Waals surface area contributed by atoms with Gasteiger partial charge in [0.25, 0.3) is 5.91 Å². The summed E-state index contributed by atoms with van der Waals surface area (Å²) in [5.74, 6) is 1.20. The van der Waals surface area contributed by atoms with E-state index in [9.17, 15) is 4.79 Å². The van der Waals surface area contributed by atoms with Crippen LogP contribution in [-0.2, 0) is 0 Å². The second kappa shape index (κ2) is 5.09. The van der Waals surface area contributed by atoms with Crippen LogP contribution in [-0.4, -0.2) is 25.8 Å². The molecule has 1 amide bonds.